The average Bonchev–Trinajstić information content (AvgIpc) is 2.62. The second kappa shape index (κ2) is 8.84. The normalized spacial score (nSPS) is 13.2. The SMILES string of the molecule is F[B-](F)(F)F.Fc1cc2c(cc1F)[S+](c1ccc(Br)cc1)c1cc(F)c(F)cc1S2. The van der Waals surface area contributed by atoms with E-state index >= 15 is 0 Å². The Balaban J connectivity index is 0.000000461. The summed E-state index contributed by atoms with van der Waals surface area (Å²) in [6, 6.07) is 11.8. The van der Waals surface area contributed by atoms with Gasteiger partial charge in [0.1, 0.15) is 10.9 Å². The third-order valence-electron chi connectivity index (χ3n) is 3.68. The molecule has 0 saturated heterocycles. The molecule has 4 rings (SSSR count). The maximum absolute atomic E-state index is 13.9. The van der Waals surface area contributed by atoms with Crippen molar-refractivity contribution in [2.75, 3.05) is 0 Å². The van der Waals surface area contributed by atoms with Crippen molar-refractivity contribution in [3.63, 3.8) is 0 Å². The molecule has 1 heterocycles. The molecule has 0 N–H and O–H groups in total. The lowest BCUT2D eigenvalue weighted by Gasteiger charge is -2.19. The Hall–Kier alpha value is -1.66. The van der Waals surface area contributed by atoms with Crippen molar-refractivity contribution in [3.8, 4) is 0 Å². The predicted octanol–water partition coefficient (Wildman–Crippen LogP) is 7.87. The molecule has 0 aromatic heterocycles. The van der Waals surface area contributed by atoms with E-state index in [-0.39, 0.29) is 0 Å². The lowest BCUT2D eigenvalue weighted by molar-refractivity contribution is 0.368. The van der Waals surface area contributed by atoms with Crippen LogP contribution in [0.5, 0.6) is 0 Å². The van der Waals surface area contributed by atoms with Crippen LogP contribution in [0.1, 0.15) is 0 Å². The Morgan fingerprint density at radius 3 is 1.43 bits per heavy atom. The molecule has 0 nitrogen and oxygen atoms in total. The molecule has 0 atom stereocenters. The summed E-state index contributed by atoms with van der Waals surface area (Å²) in [5, 5.41) is 0. The zero-order valence-electron chi connectivity index (χ0n) is 14.4. The van der Waals surface area contributed by atoms with Crippen LogP contribution in [-0.2, 0) is 10.9 Å². The molecule has 30 heavy (non-hydrogen) atoms. The standard InChI is InChI=1S/C18H8BrF4S2.BF4/c19-9-1-3-10(4-2-9)25-17-7-13(22)11(20)5-15(17)24-16-6-12(21)14(23)8-18(16)25;2-1(3,4)5/h1-8H;/q+1;-1. The maximum atomic E-state index is 13.9. The highest BCUT2D eigenvalue weighted by atomic mass is 79.9. The van der Waals surface area contributed by atoms with Gasteiger partial charge < -0.3 is 17.3 Å². The molecular weight excluding hydrogens is 523 g/mol. The van der Waals surface area contributed by atoms with E-state index in [4.69, 9.17) is 0 Å². The molecule has 3 aromatic carbocycles. The summed E-state index contributed by atoms with van der Waals surface area (Å²) in [4.78, 5) is 2.93. The van der Waals surface area contributed by atoms with Gasteiger partial charge in [0.15, 0.2) is 38.0 Å². The van der Waals surface area contributed by atoms with E-state index in [1.54, 1.807) is 0 Å². The van der Waals surface area contributed by atoms with Gasteiger partial charge in [0.05, 0.1) is 9.79 Å². The highest BCUT2D eigenvalue weighted by Gasteiger charge is 2.40. The Labute approximate surface area is 181 Å². The summed E-state index contributed by atoms with van der Waals surface area (Å²) < 4.78 is 94.9. The van der Waals surface area contributed by atoms with Gasteiger partial charge in [-0.3, -0.25) is 0 Å². The van der Waals surface area contributed by atoms with Gasteiger partial charge in [-0.05, 0) is 36.4 Å². The Morgan fingerprint density at radius 2 is 1.03 bits per heavy atom. The van der Waals surface area contributed by atoms with Crippen LogP contribution in [0.4, 0.5) is 34.8 Å². The third-order valence-corrected chi connectivity index (χ3v) is 7.88. The predicted molar refractivity (Wildman–Crippen MR) is 103 cm³/mol. The summed E-state index contributed by atoms with van der Waals surface area (Å²) in [6.07, 6.45) is 0. The van der Waals surface area contributed by atoms with Gasteiger partial charge >= 0.3 is 7.25 Å². The van der Waals surface area contributed by atoms with E-state index in [1.165, 1.54) is 0 Å². The van der Waals surface area contributed by atoms with Crippen LogP contribution >= 0.6 is 27.7 Å². The number of hydrogen-bond acceptors (Lipinski definition) is 1. The largest absolute Gasteiger partial charge is 0.673 e. The molecule has 0 bridgehead atoms. The summed E-state index contributed by atoms with van der Waals surface area (Å²) in [7, 11) is -6.86. The topological polar surface area (TPSA) is 0 Å². The van der Waals surface area contributed by atoms with Crippen molar-refractivity contribution in [2.24, 2.45) is 0 Å². The molecule has 3 aromatic rings. The number of benzene rings is 3. The van der Waals surface area contributed by atoms with E-state index in [2.05, 4.69) is 15.9 Å². The van der Waals surface area contributed by atoms with Crippen molar-refractivity contribution in [2.45, 2.75) is 24.5 Å². The molecule has 1 aliphatic rings. The lowest BCUT2D eigenvalue weighted by atomic mass is 10.3. The first-order chi connectivity index (χ1) is 13.9. The first-order valence-electron chi connectivity index (χ1n) is 7.97. The van der Waals surface area contributed by atoms with Gasteiger partial charge in [0.2, 0.25) is 0 Å². The van der Waals surface area contributed by atoms with Crippen molar-refractivity contribution < 1.29 is 34.8 Å². The fourth-order valence-electron chi connectivity index (χ4n) is 2.56. The minimum Gasteiger partial charge on any atom is -0.418 e. The Kier molecular flexibility index (Phi) is 6.78. The van der Waals surface area contributed by atoms with Crippen LogP contribution in [0.15, 0.2) is 77.5 Å². The van der Waals surface area contributed by atoms with E-state index in [1.807, 2.05) is 24.3 Å². The van der Waals surface area contributed by atoms with Crippen molar-refractivity contribution in [1.29, 1.82) is 0 Å². The summed E-state index contributed by atoms with van der Waals surface area (Å²) in [5.41, 5.74) is 0. The average molecular weight is 531 g/mol. The van der Waals surface area contributed by atoms with Gasteiger partial charge in [-0.2, -0.15) is 0 Å². The monoisotopic (exact) mass is 530 g/mol. The molecule has 0 aliphatic carbocycles. The van der Waals surface area contributed by atoms with Crippen LogP contribution in [0.25, 0.3) is 0 Å². The molecule has 0 spiro atoms. The van der Waals surface area contributed by atoms with Crippen LogP contribution in [0.2, 0.25) is 0 Å². The number of rotatable bonds is 1. The molecule has 12 heteroatoms. The second-order valence-corrected chi connectivity index (χ2v) is 9.75. The van der Waals surface area contributed by atoms with Crippen LogP contribution in [0, 0.1) is 23.3 Å². The molecule has 0 radical (unpaired) electrons. The van der Waals surface area contributed by atoms with Gasteiger partial charge in [-0.25, -0.2) is 17.6 Å². The maximum Gasteiger partial charge on any atom is 0.673 e. The van der Waals surface area contributed by atoms with Gasteiger partial charge in [0, 0.05) is 16.6 Å². The molecule has 0 fully saturated rings. The van der Waals surface area contributed by atoms with E-state index in [9.17, 15) is 34.8 Å². The minimum absolute atomic E-state index is 0.503. The van der Waals surface area contributed by atoms with Crippen molar-refractivity contribution >= 4 is 45.8 Å². The van der Waals surface area contributed by atoms with Crippen molar-refractivity contribution in [1.82, 2.24) is 0 Å². The third kappa shape index (κ3) is 5.33. The van der Waals surface area contributed by atoms with Crippen molar-refractivity contribution in [3.05, 3.63) is 76.3 Å². The second-order valence-electron chi connectivity index (χ2n) is 5.78. The number of hydrogen-bond donors (Lipinski definition) is 0. The smallest absolute Gasteiger partial charge is 0.418 e. The van der Waals surface area contributed by atoms with E-state index in [0.717, 1.165) is 45.4 Å². The first kappa shape index (κ1) is 23.0. The minimum atomic E-state index is -6.00. The number of fused-ring (bicyclic) bond motifs is 2. The summed E-state index contributed by atoms with van der Waals surface area (Å²) in [6.45, 7) is 0. The molecule has 0 amide bonds. The zero-order chi connectivity index (χ0) is 22.2. The Bertz CT molecular complexity index is 1030. The summed E-state index contributed by atoms with van der Waals surface area (Å²) in [5.74, 6) is -3.84. The fraction of sp³-hybridized carbons (Fsp3) is 0. The highest BCUT2D eigenvalue weighted by molar-refractivity contribution is 9.10. The summed E-state index contributed by atoms with van der Waals surface area (Å²) >= 11 is 4.47. The first-order valence-corrected chi connectivity index (χ1v) is 10.8. The number of halogens is 9. The van der Waals surface area contributed by atoms with Gasteiger partial charge in [-0.15, -0.1) is 0 Å². The highest BCUT2D eigenvalue weighted by Crippen LogP contribution is 2.49. The molecule has 0 unspecified atom stereocenters. The van der Waals surface area contributed by atoms with E-state index in [0.29, 0.717) is 19.6 Å². The van der Waals surface area contributed by atoms with Crippen LogP contribution in [-0.4, -0.2) is 7.25 Å². The zero-order valence-corrected chi connectivity index (χ0v) is 17.6. The molecule has 158 valence electrons. The molecular formula is C18H8BBrF8S2. The lowest BCUT2D eigenvalue weighted by Crippen LogP contribution is -2.13. The van der Waals surface area contributed by atoms with E-state index < -0.39 is 41.4 Å². The van der Waals surface area contributed by atoms with Gasteiger partial charge in [-0.1, -0.05) is 27.7 Å². The van der Waals surface area contributed by atoms with Crippen LogP contribution in [0.3, 0.4) is 0 Å². The molecule has 0 saturated carbocycles. The quantitative estimate of drug-likeness (QED) is 0.137. The fourth-order valence-corrected chi connectivity index (χ4v) is 6.57. The van der Waals surface area contributed by atoms with Crippen LogP contribution < -0.4 is 0 Å². The Morgan fingerprint density at radius 1 is 0.667 bits per heavy atom. The molecule has 1 aliphatic heterocycles. The van der Waals surface area contributed by atoms with Gasteiger partial charge in [0.25, 0.3) is 0 Å².